The summed E-state index contributed by atoms with van der Waals surface area (Å²) in [7, 11) is 0. The lowest BCUT2D eigenvalue weighted by atomic mass is 10.2. The van der Waals surface area contributed by atoms with Crippen LogP contribution in [-0.2, 0) is 10.1 Å². The Morgan fingerprint density at radius 1 is 1.17 bits per heavy atom. The van der Waals surface area contributed by atoms with Gasteiger partial charge in [-0.3, -0.25) is 0 Å². The highest BCUT2D eigenvalue weighted by atomic mass is 79.9. The number of hydrogen-bond donors (Lipinski definition) is 0. The van der Waals surface area contributed by atoms with Gasteiger partial charge in [0.25, 0.3) is 0 Å². The van der Waals surface area contributed by atoms with E-state index in [9.17, 15) is 13.2 Å². The number of benzene rings is 1. The van der Waals surface area contributed by atoms with Gasteiger partial charge in [-0.2, -0.15) is 13.2 Å². The quantitative estimate of drug-likeness (QED) is 0.531. The smallest absolute Gasteiger partial charge is 0.411 e. The van der Waals surface area contributed by atoms with Crippen molar-refractivity contribution in [2.45, 2.75) is 11.5 Å². The molecule has 1 rings (SSSR count). The molecule has 0 aliphatic rings. The average Bonchev–Trinajstić information content (AvgIpc) is 2.29. The molecule has 102 valence electrons. The lowest BCUT2D eigenvalue weighted by Crippen LogP contribution is -2.19. The van der Waals surface area contributed by atoms with Crippen LogP contribution in [-0.4, -0.2) is 26.0 Å². The molecular weight excluding hydrogens is 381 g/mol. The molecule has 0 aliphatic heterocycles. The molecule has 0 heterocycles. The molecule has 7 heteroatoms. The van der Waals surface area contributed by atoms with Crippen molar-refractivity contribution >= 4 is 31.9 Å². The molecule has 18 heavy (non-hydrogen) atoms. The van der Waals surface area contributed by atoms with Crippen molar-refractivity contribution in [2.75, 3.05) is 19.8 Å². The summed E-state index contributed by atoms with van der Waals surface area (Å²) in [5.41, 5.74) is 1.00. The van der Waals surface area contributed by atoms with Gasteiger partial charge in [0.1, 0.15) is 19.0 Å². The summed E-state index contributed by atoms with van der Waals surface area (Å²) >= 11 is 6.69. The molecule has 1 aromatic carbocycles. The van der Waals surface area contributed by atoms with Gasteiger partial charge < -0.3 is 9.47 Å². The second kappa shape index (κ2) is 7.35. The highest BCUT2D eigenvalue weighted by Gasteiger charge is 2.27. The minimum absolute atomic E-state index is 0.0828. The third-order valence-corrected chi connectivity index (χ3v) is 3.30. The molecule has 0 aliphatic carbocycles. The molecule has 0 aromatic heterocycles. The van der Waals surface area contributed by atoms with Crippen LogP contribution in [0.25, 0.3) is 0 Å². The second-order valence-electron chi connectivity index (χ2n) is 3.40. The summed E-state index contributed by atoms with van der Waals surface area (Å²) < 4.78 is 46.0. The van der Waals surface area contributed by atoms with E-state index in [2.05, 4.69) is 36.6 Å². The molecule has 0 unspecified atom stereocenters. The predicted octanol–water partition coefficient (Wildman–Crippen LogP) is 4.30. The number of halogens is 5. The Labute approximate surface area is 120 Å². The summed E-state index contributed by atoms with van der Waals surface area (Å²) in [6.45, 7) is -1.26. The Morgan fingerprint density at radius 2 is 1.89 bits per heavy atom. The Morgan fingerprint density at radius 3 is 2.50 bits per heavy atom. The largest absolute Gasteiger partial charge is 0.491 e. The van der Waals surface area contributed by atoms with E-state index in [0.717, 1.165) is 10.0 Å². The molecule has 0 radical (unpaired) electrons. The summed E-state index contributed by atoms with van der Waals surface area (Å²) in [4.78, 5) is 0. The van der Waals surface area contributed by atoms with Gasteiger partial charge in [0.15, 0.2) is 0 Å². The van der Waals surface area contributed by atoms with E-state index < -0.39 is 12.8 Å². The van der Waals surface area contributed by atoms with Crippen molar-refractivity contribution in [1.82, 2.24) is 0 Å². The summed E-state index contributed by atoms with van der Waals surface area (Å²) in [5.74, 6) is 0.600. The first-order valence-corrected chi connectivity index (χ1v) is 6.95. The van der Waals surface area contributed by atoms with E-state index in [1.807, 2.05) is 12.1 Å². The maximum atomic E-state index is 11.8. The fraction of sp³-hybridized carbons (Fsp3) is 0.455. The van der Waals surface area contributed by atoms with Crippen molar-refractivity contribution in [1.29, 1.82) is 0 Å². The van der Waals surface area contributed by atoms with Crippen molar-refractivity contribution < 1.29 is 22.6 Å². The van der Waals surface area contributed by atoms with Gasteiger partial charge in [-0.15, -0.1) is 0 Å². The Kier molecular flexibility index (Phi) is 6.45. The van der Waals surface area contributed by atoms with Crippen LogP contribution in [0.2, 0.25) is 0 Å². The minimum Gasteiger partial charge on any atom is -0.491 e. The summed E-state index contributed by atoms with van der Waals surface area (Å²) in [6.07, 6.45) is -4.29. The second-order valence-corrected chi connectivity index (χ2v) is 4.82. The molecule has 0 N–H and O–H groups in total. The Balaban J connectivity index is 2.31. The highest BCUT2D eigenvalue weighted by molar-refractivity contribution is 9.10. The zero-order valence-electron chi connectivity index (χ0n) is 9.27. The molecule has 2 nitrogen and oxygen atoms in total. The van der Waals surface area contributed by atoms with E-state index in [4.69, 9.17) is 4.74 Å². The molecule has 0 saturated carbocycles. The van der Waals surface area contributed by atoms with Crippen molar-refractivity contribution in [2.24, 2.45) is 0 Å². The maximum Gasteiger partial charge on any atom is 0.411 e. The van der Waals surface area contributed by atoms with Crippen LogP contribution in [0.15, 0.2) is 22.7 Å². The maximum absolute atomic E-state index is 11.8. The van der Waals surface area contributed by atoms with Crippen LogP contribution >= 0.6 is 31.9 Å². The molecule has 0 atom stereocenters. The monoisotopic (exact) mass is 390 g/mol. The number of ether oxygens (including phenoxy) is 2. The zero-order chi connectivity index (χ0) is 13.6. The first-order valence-electron chi connectivity index (χ1n) is 5.04. The molecule has 0 amide bonds. The molecule has 0 bridgehead atoms. The highest BCUT2D eigenvalue weighted by Crippen LogP contribution is 2.24. The average molecular weight is 392 g/mol. The van der Waals surface area contributed by atoms with Gasteiger partial charge >= 0.3 is 6.18 Å². The van der Waals surface area contributed by atoms with E-state index >= 15 is 0 Å². The van der Waals surface area contributed by atoms with Crippen LogP contribution in [0.1, 0.15) is 5.56 Å². The molecule has 1 aromatic rings. The minimum atomic E-state index is -4.29. The van der Waals surface area contributed by atoms with E-state index in [1.165, 1.54) is 0 Å². The van der Waals surface area contributed by atoms with Crippen molar-refractivity contribution in [3.8, 4) is 5.75 Å². The van der Waals surface area contributed by atoms with Crippen LogP contribution < -0.4 is 4.74 Å². The lowest BCUT2D eigenvalue weighted by molar-refractivity contribution is -0.175. The van der Waals surface area contributed by atoms with Gasteiger partial charge in [0.05, 0.1) is 6.61 Å². The Hall–Kier alpha value is -0.270. The molecule has 0 saturated heterocycles. The topological polar surface area (TPSA) is 18.5 Å². The van der Waals surface area contributed by atoms with Crippen LogP contribution in [0.5, 0.6) is 5.75 Å². The summed E-state index contributed by atoms with van der Waals surface area (Å²) in [6, 6.07) is 5.37. The van der Waals surface area contributed by atoms with E-state index in [1.54, 1.807) is 6.07 Å². The first-order chi connectivity index (χ1) is 8.42. The predicted molar refractivity (Wildman–Crippen MR) is 69.1 cm³/mol. The Bertz CT molecular complexity index is 383. The molecule has 0 fully saturated rings. The van der Waals surface area contributed by atoms with Gasteiger partial charge in [-0.05, 0) is 23.8 Å². The van der Waals surface area contributed by atoms with Crippen LogP contribution in [0.3, 0.4) is 0 Å². The van der Waals surface area contributed by atoms with Gasteiger partial charge in [-0.1, -0.05) is 31.9 Å². The number of alkyl halides is 4. The third-order valence-electron chi connectivity index (χ3n) is 1.92. The fourth-order valence-corrected chi connectivity index (χ4v) is 2.38. The van der Waals surface area contributed by atoms with Gasteiger partial charge in [0.2, 0.25) is 0 Å². The zero-order valence-corrected chi connectivity index (χ0v) is 12.4. The molecule has 0 spiro atoms. The van der Waals surface area contributed by atoms with E-state index in [0.29, 0.717) is 11.1 Å². The van der Waals surface area contributed by atoms with Gasteiger partial charge in [-0.25, -0.2) is 0 Å². The molecular formula is C11H11Br2F3O2. The SMILES string of the molecule is FC(F)(F)COCCOc1ccc(Br)c(CBr)c1. The normalized spacial score (nSPS) is 11.6. The van der Waals surface area contributed by atoms with Gasteiger partial charge in [0, 0.05) is 9.80 Å². The standard InChI is InChI=1S/C11H11Br2F3O2/c12-6-8-5-9(1-2-10(8)13)18-4-3-17-7-11(14,15)16/h1-2,5H,3-4,6-7H2. The lowest BCUT2D eigenvalue weighted by Gasteiger charge is -2.10. The summed E-state index contributed by atoms with van der Waals surface area (Å²) in [5, 5.41) is 0.662. The number of hydrogen-bond acceptors (Lipinski definition) is 2. The number of rotatable bonds is 6. The van der Waals surface area contributed by atoms with Crippen LogP contribution in [0.4, 0.5) is 13.2 Å². The van der Waals surface area contributed by atoms with Crippen molar-refractivity contribution in [3.05, 3.63) is 28.2 Å². The van der Waals surface area contributed by atoms with Crippen molar-refractivity contribution in [3.63, 3.8) is 0 Å². The van der Waals surface area contributed by atoms with E-state index in [-0.39, 0.29) is 13.2 Å². The van der Waals surface area contributed by atoms with Crippen LogP contribution in [0, 0.1) is 0 Å². The fourth-order valence-electron chi connectivity index (χ4n) is 1.15. The first kappa shape index (κ1) is 15.8. The third kappa shape index (κ3) is 6.06.